The van der Waals surface area contributed by atoms with Crippen LogP contribution in [0.15, 0.2) is 54.6 Å². The molecule has 25 heavy (non-hydrogen) atoms. The quantitative estimate of drug-likeness (QED) is 0.816. The molecule has 0 aromatic heterocycles. The normalized spacial score (nSPS) is 19.2. The average Bonchev–Trinajstić information content (AvgIpc) is 3.06. The fraction of sp³-hybridized carbons (Fsp3) is 0.333. The Morgan fingerprint density at radius 1 is 1.00 bits per heavy atom. The monoisotopic (exact) mass is 369 g/mol. The lowest BCUT2D eigenvalue weighted by molar-refractivity contribution is -0.137. The number of rotatable bonds is 4. The molecule has 1 aliphatic rings. The zero-order chi connectivity index (χ0) is 18.1. The van der Waals surface area contributed by atoms with Gasteiger partial charge in [-0.05, 0) is 35.6 Å². The van der Waals surface area contributed by atoms with Crippen molar-refractivity contribution >= 4 is 10.0 Å². The smallest absolute Gasteiger partial charge is 0.212 e. The lowest BCUT2D eigenvalue weighted by Crippen LogP contribution is -2.29. The largest absolute Gasteiger partial charge is 0.416 e. The topological polar surface area (TPSA) is 37.4 Å². The molecule has 2 aromatic rings. The summed E-state index contributed by atoms with van der Waals surface area (Å²) in [6, 6.07) is 14.0. The third-order valence-corrected chi connectivity index (χ3v) is 6.26. The maximum atomic E-state index is 12.6. The molecule has 2 aromatic carbocycles. The van der Waals surface area contributed by atoms with Crippen LogP contribution in [0.1, 0.15) is 29.0 Å². The predicted molar refractivity (Wildman–Crippen MR) is 89.4 cm³/mol. The van der Waals surface area contributed by atoms with Crippen molar-refractivity contribution in [1.29, 1.82) is 0 Å². The van der Waals surface area contributed by atoms with E-state index in [1.807, 2.05) is 30.3 Å². The third-order valence-electron chi connectivity index (χ3n) is 4.45. The molecular weight excluding hydrogens is 351 g/mol. The third kappa shape index (κ3) is 4.22. The van der Waals surface area contributed by atoms with E-state index < -0.39 is 21.8 Å². The summed E-state index contributed by atoms with van der Waals surface area (Å²) < 4.78 is 64.3. The van der Waals surface area contributed by atoms with Gasteiger partial charge in [0.1, 0.15) is 0 Å². The molecule has 0 saturated carbocycles. The van der Waals surface area contributed by atoms with Crippen LogP contribution < -0.4 is 0 Å². The lowest BCUT2D eigenvalue weighted by Gasteiger charge is -2.17. The molecule has 0 N–H and O–H groups in total. The molecule has 0 aliphatic carbocycles. The minimum absolute atomic E-state index is 0.156. The summed E-state index contributed by atoms with van der Waals surface area (Å²) in [6.45, 7) is 0.843. The Balaban J connectivity index is 1.68. The summed E-state index contributed by atoms with van der Waals surface area (Å²) >= 11 is 0. The molecule has 1 saturated heterocycles. The Morgan fingerprint density at radius 3 is 2.24 bits per heavy atom. The molecule has 0 radical (unpaired) electrons. The van der Waals surface area contributed by atoms with Crippen molar-refractivity contribution in [2.24, 2.45) is 0 Å². The van der Waals surface area contributed by atoms with E-state index in [0.29, 0.717) is 18.7 Å². The number of hydrogen-bond acceptors (Lipinski definition) is 2. The van der Waals surface area contributed by atoms with Crippen LogP contribution in [0.4, 0.5) is 13.2 Å². The molecule has 3 rings (SSSR count). The molecule has 1 atom stereocenters. The standard InChI is InChI=1S/C18H18F3NO2S/c19-18(20,21)17-8-6-14(7-9-17)13-25(23,24)22-11-10-16(12-22)15-4-2-1-3-5-15/h1-9,16H,10-13H2/t16-/m0/s1. The van der Waals surface area contributed by atoms with E-state index >= 15 is 0 Å². The summed E-state index contributed by atoms with van der Waals surface area (Å²) in [4.78, 5) is 0. The second-order valence-corrected chi connectivity index (χ2v) is 8.17. The first-order valence-corrected chi connectivity index (χ1v) is 9.55. The molecule has 0 amide bonds. The van der Waals surface area contributed by atoms with E-state index in [2.05, 4.69) is 0 Å². The van der Waals surface area contributed by atoms with Crippen LogP contribution in [0, 0.1) is 0 Å². The highest BCUT2D eigenvalue weighted by Gasteiger charge is 2.33. The summed E-state index contributed by atoms with van der Waals surface area (Å²) in [7, 11) is -3.55. The summed E-state index contributed by atoms with van der Waals surface area (Å²) in [5.41, 5.74) is 0.685. The van der Waals surface area contributed by atoms with Gasteiger partial charge in [0.25, 0.3) is 0 Å². The van der Waals surface area contributed by atoms with Crippen molar-refractivity contribution in [2.75, 3.05) is 13.1 Å². The SMILES string of the molecule is O=S(=O)(Cc1ccc(C(F)(F)F)cc1)N1CC[C@H](c2ccccc2)C1. The molecule has 3 nitrogen and oxygen atoms in total. The minimum atomic E-state index is -4.42. The van der Waals surface area contributed by atoms with Crippen LogP contribution in [0.5, 0.6) is 0 Å². The Kier molecular flexibility index (Phi) is 4.88. The van der Waals surface area contributed by atoms with Gasteiger partial charge in [-0.15, -0.1) is 0 Å². The summed E-state index contributed by atoms with van der Waals surface area (Å²) in [5.74, 6) is -0.129. The van der Waals surface area contributed by atoms with Crippen molar-refractivity contribution in [3.05, 3.63) is 71.3 Å². The van der Waals surface area contributed by atoms with Crippen LogP contribution in [-0.2, 0) is 22.0 Å². The molecule has 1 heterocycles. The van der Waals surface area contributed by atoms with Crippen molar-refractivity contribution in [3.63, 3.8) is 0 Å². The highest BCUT2D eigenvalue weighted by atomic mass is 32.2. The van der Waals surface area contributed by atoms with Gasteiger partial charge in [-0.2, -0.15) is 13.2 Å². The van der Waals surface area contributed by atoms with Gasteiger partial charge in [-0.25, -0.2) is 12.7 Å². The van der Waals surface area contributed by atoms with Gasteiger partial charge in [-0.1, -0.05) is 42.5 Å². The molecule has 0 bridgehead atoms. The maximum absolute atomic E-state index is 12.6. The average molecular weight is 369 g/mol. The maximum Gasteiger partial charge on any atom is 0.416 e. The summed E-state index contributed by atoms with van der Waals surface area (Å²) in [6.07, 6.45) is -3.68. The first-order valence-electron chi connectivity index (χ1n) is 7.94. The highest BCUT2D eigenvalue weighted by molar-refractivity contribution is 7.88. The van der Waals surface area contributed by atoms with Gasteiger partial charge in [0.2, 0.25) is 10.0 Å². The van der Waals surface area contributed by atoms with Gasteiger partial charge < -0.3 is 0 Å². The molecule has 1 aliphatic heterocycles. The first kappa shape index (κ1) is 17.9. The van der Waals surface area contributed by atoms with E-state index in [1.165, 1.54) is 16.4 Å². The van der Waals surface area contributed by atoms with Gasteiger partial charge in [0, 0.05) is 13.1 Å². The van der Waals surface area contributed by atoms with Gasteiger partial charge in [0.05, 0.1) is 11.3 Å². The summed E-state index contributed by atoms with van der Waals surface area (Å²) in [5, 5.41) is 0. The second kappa shape index (κ2) is 6.80. The van der Waals surface area contributed by atoms with Crippen molar-refractivity contribution in [2.45, 2.75) is 24.3 Å². The van der Waals surface area contributed by atoms with Gasteiger partial charge >= 0.3 is 6.18 Å². The van der Waals surface area contributed by atoms with Crippen LogP contribution >= 0.6 is 0 Å². The van der Waals surface area contributed by atoms with Crippen molar-refractivity contribution < 1.29 is 21.6 Å². The molecule has 134 valence electrons. The number of sulfonamides is 1. The van der Waals surface area contributed by atoms with Crippen LogP contribution in [0.3, 0.4) is 0 Å². The van der Waals surface area contributed by atoms with Gasteiger partial charge in [-0.3, -0.25) is 0 Å². The van der Waals surface area contributed by atoms with E-state index in [0.717, 1.165) is 24.1 Å². The van der Waals surface area contributed by atoms with Gasteiger partial charge in [0.15, 0.2) is 0 Å². The van der Waals surface area contributed by atoms with Crippen molar-refractivity contribution in [3.8, 4) is 0 Å². The predicted octanol–water partition coefficient (Wildman–Crippen LogP) is 4.02. The van der Waals surface area contributed by atoms with Crippen molar-refractivity contribution in [1.82, 2.24) is 4.31 Å². The Bertz CT molecular complexity index is 818. The molecule has 0 unspecified atom stereocenters. The van der Waals surface area contributed by atoms with E-state index in [4.69, 9.17) is 0 Å². The second-order valence-electron chi connectivity index (χ2n) is 6.21. The molecule has 1 fully saturated rings. The Morgan fingerprint density at radius 2 is 1.64 bits per heavy atom. The first-order chi connectivity index (χ1) is 11.8. The Labute approximate surface area is 145 Å². The lowest BCUT2D eigenvalue weighted by atomic mass is 9.99. The number of benzene rings is 2. The van der Waals surface area contributed by atoms with E-state index in [-0.39, 0.29) is 11.7 Å². The fourth-order valence-corrected chi connectivity index (χ4v) is 4.66. The minimum Gasteiger partial charge on any atom is -0.212 e. The van der Waals surface area contributed by atoms with Crippen LogP contribution in [0.2, 0.25) is 0 Å². The molecular formula is C18H18F3NO2S. The molecule has 7 heteroatoms. The Hall–Kier alpha value is -1.86. The van der Waals surface area contributed by atoms with E-state index in [9.17, 15) is 21.6 Å². The van der Waals surface area contributed by atoms with E-state index in [1.54, 1.807) is 0 Å². The zero-order valence-electron chi connectivity index (χ0n) is 13.4. The number of alkyl halides is 3. The highest BCUT2D eigenvalue weighted by Crippen LogP contribution is 2.31. The number of nitrogens with zero attached hydrogens (tertiary/aromatic N) is 1. The molecule has 0 spiro atoms. The van der Waals surface area contributed by atoms with Crippen LogP contribution in [-0.4, -0.2) is 25.8 Å². The van der Waals surface area contributed by atoms with Crippen LogP contribution in [0.25, 0.3) is 0 Å². The number of hydrogen-bond donors (Lipinski definition) is 0. The zero-order valence-corrected chi connectivity index (χ0v) is 14.2. The fourth-order valence-electron chi connectivity index (χ4n) is 3.07. The number of halogens is 3.